The summed E-state index contributed by atoms with van der Waals surface area (Å²) >= 11 is 0. The largest absolute Gasteiger partial charge is 0.340 e. The highest BCUT2D eigenvalue weighted by atomic mass is 15.3. The van der Waals surface area contributed by atoms with Crippen LogP contribution in [0.1, 0.15) is 57.4 Å². The maximum Gasteiger partial charge on any atom is 0.176 e. The first-order valence-electron chi connectivity index (χ1n) is 10.5. The number of rotatable bonds is 9. The van der Waals surface area contributed by atoms with Gasteiger partial charge in [-0.3, -0.25) is 5.41 Å². The smallest absolute Gasteiger partial charge is 0.176 e. The fourth-order valence-corrected chi connectivity index (χ4v) is 3.53. The Morgan fingerprint density at radius 1 is 1.20 bits per heavy atom. The Kier molecular flexibility index (Phi) is 9.01. The Morgan fingerprint density at radius 3 is 2.67 bits per heavy atom. The van der Waals surface area contributed by atoms with Gasteiger partial charge >= 0.3 is 0 Å². The van der Waals surface area contributed by atoms with Crippen LogP contribution in [0.5, 0.6) is 0 Å². The third kappa shape index (κ3) is 5.66. The lowest BCUT2D eigenvalue weighted by atomic mass is 10.1. The van der Waals surface area contributed by atoms with Gasteiger partial charge in [0.15, 0.2) is 5.84 Å². The summed E-state index contributed by atoms with van der Waals surface area (Å²) in [7, 11) is 0. The fourth-order valence-electron chi connectivity index (χ4n) is 3.53. The molecule has 30 heavy (non-hydrogen) atoms. The Morgan fingerprint density at radius 2 is 2.00 bits per heavy atom. The molecular weight excluding hydrogens is 370 g/mol. The first-order chi connectivity index (χ1) is 14.6. The fraction of sp³-hybridized carbons (Fsp3) is 0.320. The zero-order valence-corrected chi connectivity index (χ0v) is 18.5. The molecule has 1 aromatic heterocycles. The molecule has 0 aliphatic heterocycles. The monoisotopic (exact) mass is 403 g/mol. The maximum absolute atomic E-state index is 8.07. The van der Waals surface area contributed by atoms with Crippen LogP contribution in [-0.4, -0.2) is 10.4 Å². The van der Waals surface area contributed by atoms with Crippen molar-refractivity contribution in [3.63, 3.8) is 0 Å². The van der Waals surface area contributed by atoms with Crippen LogP contribution in [0.15, 0.2) is 70.6 Å². The lowest BCUT2D eigenvalue weighted by molar-refractivity contribution is 0.760. The molecule has 0 aliphatic rings. The van der Waals surface area contributed by atoms with Crippen LogP contribution in [-0.2, 0) is 13.0 Å². The normalized spacial score (nSPS) is 13.1. The van der Waals surface area contributed by atoms with Crippen LogP contribution in [0.3, 0.4) is 0 Å². The van der Waals surface area contributed by atoms with Crippen molar-refractivity contribution in [3.05, 3.63) is 77.0 Å². The highest BCUT2D eigenvalue weighted by Crippen LogP contribution is 2.30. The standard InChI is InChI=1S/C25H33N5/c1-5-8-10-11-12-13-19(4)18-30-23(7-3)21(14-9-6-2)22-17-20(15-16-24(22)30)25(26)28-29-27/h5,8-11,13-17H,6-7,12,18H2,1-4H3,(H3,26,27,28)/b8-5-,11-10?,14-9-,19-13+. The van der Waals surface area contributed by atoms with Crippen LogP contribution in [0, 0.1) is 5.41 Å². The van der Waals surface area contributed by atoms with Gasteiger partial charge in [-0.15, -0.1) is 5.11 Å². The second kappa shape index (κ2) is 11.7. The second-order valence-corrected chi connectivity index (χ2v) is 7.15. The van der Waals surface area contributed by atoms with Crippen LogP contribution < -0.4 is 5.84 Å². The van der Waals surface area contributed by atoms with Crippen molar-refractivity contribution in [1.82, 2.24) is 4.57 Å². The van der Waals surface area contributed by atoms with E-state index in [1.54, 1.807) is 0 Å². The number of nitrogens with two attached hydrogens (primary N) is 1. The topological polar surface area (TPSA) is 79.5 Å². The molecular formula is C25H33N5. The highest BCUT2D eigenvalue weighted by Gasteiger charge is 2.16. The summed E-state index contributed by atoms with van der Waals surface area (Å²) in [5.41, 5.74) is 5.72. The summed E-state index contributed by atoms with van der Waals surface area (Å²) in [5, 5.41) is 16.1. The van der Waals surface area contributed by atoms with E-state index in [0.717, 1.165) is 31.2 Å². The molecule has 3 N–H and O–H groups in total. The van der Waals surface area contributed by atoms with Crippen LogP contribution in [0.25, 0.3) is 17.0 Å². The number of allylic oxidation sites excluding steroid dienone is 7. The van der Waals surface area contributed by atoms with E-state index in [-0.39, 0.29) is 5.84 Å². The number of hydrogen-bond donors (Lipinski definition) is 2. The summed E-state index contributed by atoms with van der Waals surface area (Å²) in [6.45, 7) is 9.38. The summed E-state index contributed by atoms with van der Waals surface area (Å²) in [4.78, 5) is 0. The van der Waals surface area contributed by atoms with Crippen molar-refractivity contribution in [1.29, 1.82) is 5.41 Å². The van der Waals surface area contributed by atoms with Gasteiger partial charge < -0.3 is 10.4 Å². The first kappa shape index (κ1) is 23.1. The van der Waals surface area contributed by atoms with Crippen molar-refractivity contribution >= 4 is 22.8 Å². The van der Waals surface area contributed by atoms with Gasteiger partial charge in [-0.1, -0.05) is 67.2 Å². The number of fused-ring (bicyclic) bond motifs is 1. The van der Waals surface area contributed by atoms with Crippen molar-refractivity contribution < 1.29 is 0 Å². The molecule has 2 aromatic rings. The van der Waals surface area contributed by atoms with E-state index in [1.807, 2.05) is 31.2 Å². The van der Waals surface area contributed by atoms with Gasteiger partial charge in [0.1, 0.15) is 0 Å². The zero-order chi connectivity index (χ0) is 21.9. The van der Waals surface area contributed by atoms with E-state index < -0.39 is 0 Å². The number of nitrogens with one attached hydrogen (secondary N) is 1. The van der Waals surface area contributed by atoms with Crippen LogP contribution >= 0.6 is 0 Å². The summed E-state index contributed by atoms with van der Waals surface area (Å²) < 4.78 is 2.39. The molecule has 0 bridgehead atoms. The molecule has 0 saturated heterocycles. The summed E-state index contributed by atoms with van der Waals surface area (Å²) in [5.74, 6) is 5.20. The maximum atomic E-state index is 8.07. The van der Waals surface area contributed by atoms with Crippen LogP contribution in [0.2, 0.25) is 0 Å². The van der Waals surface area contributed by atoms with Gasteiger partial charge in [0.2, 0.25) is 0 Å². The Hall–Kier alpha value is -3.21. The molecule has 158 valence electrons. The van der Waals surface area contributed by atoms with E-state index in [0.29, 0.717) is 5.56 Å². The average Bonchev–Trinajstić information content (AvgIpc) is 3.03. The molecule has 2 rings (SSSR count). The Balaban J connectivity index is 2.53. The molecule has 0 amide bonds. The first-order valence-corrected chi connectivity index (χ1v) is 10.5. The molecule has 0 atom stereocenters. The van der Waals surface area contributed by atoms with Gasteiger partial charge in [0.05, 0.1) is 0 Å². The molecule has 0 saturated carbocycles. The molecule has 0 unspecified atom stereocenters. The minimum atomic E-state index is 0.0691. The van der Waals surface area contributed by atoms with Gasteiger partial charge in [0.25, 0.3) is 0 Å². The highest BCUT2D eigenvalue weighted by molar-refractivity contribution is 6.02. The molecule has 0 aliphatic carbocycles. The number of amidine groups is 1. The molecule has 5 nitrogen and oxygen atoms in total. The van der Waals surface area contributed by atoms with Gasteiger partial charge in [-0.25, -0.2) is 0 Å². The van der Waals surface area contributed by atoms with Gasteiger partial charge in [-0.2, -0.15) is 0 Å². The van der Waals surface area contributed by atoms with Crippen molar-refractivity contribution in [2.75, 3.05) is 0 Å². The second-order valence-electron chi connectivity index (χ2n) is 7.15. The Labute approximate surface area is 179 Å². The minimum Gasteiger partial charge on any atom is -0.340 e. The number of nitrogens with zero attached hydrogens (tertiary/aromatic N) is 3. The van der Waals surface area contributed by atoms with E-state index in [2.05, 4.69) is 72.1 Å². The SMILES string of the molecule is C/C=C\C=CC/C=C(\C)Cn1c(CC)c(/C=C\CC)c2cc(C(=N)N=NN)ccc21. The van der Waals surface area contributed by atoms with E-state index in [9.17, 15) is 0 Å². The molecule has 1 aromatic carbocycles. The molecule has 5 heteroatoms. The lowest BCUT2D eigenvalue weighted by Crippen LogP contribution is -2.04. The summed E-state index contributed by atoms with van der Waals surface area (Å²) in [6.07, 6.45) is 17.8. The van der Waals surface area contributed by atoms with Gasteiger partial charge in [0, 0.05) is 34.3 Å². The van der Waals surface area contributed by atoms with E-state index >= 15 is 0 Å². The van der Waals surface area contributed by atoms with E-state index in [1.165, 1.54) is 22.3 Å². The van der Waals surface area contributed by atoms with Crippen LogP contribution in [0.4, 0.5) is 0 Å². The Bertz CT molecular complexity index is 1020. The van der Waals surface area contributed by atoms with Crippen molar-refractivity contribution in [2.24, 2.45) is 16.2 Å². The average molecular weight is 404 g/mol. The molecule has 0 fully saturated rings. The molecule has 0 radical (unpaired) electrons. The predicted molar refractivity (Wildman–Crippen MR) is 129 cm³/mol. The third-order valence-corrected chi connectivity index (χ3v) is 4.95. The zero-order valence-electron chi connectivity index (χ0n) is 18.5. The quantitative estimate of drug-likeness (QED) is 0.0907. The minimum absolute atomic E-state index is 0.0691. The number of benzene rings is 1. The van der Waals surface area contributed by atoms with E-state index in [4.69, 9.17) is 11.3 Å². The molecule has 1 heterocycles. The third-order valence-electron chi connectivity index (χ3n) is 4.95. The summed E-state index contributed by atoms with van der Waals surface area (Å²) in [6, 6.07) is 6.02. The van der Waals surface area contributed by atoms with Gasteiger partial charge in [-0.05, 0) is 51.3 Å². The predicted octanol–water partition coefficient (Wildman–Crippen LogP) is 6.75. The molecule has 0 spiro atoms. The van der Waals surface area contributed by atoms with Crippen molar-refractivity contribution in [2.45, 2.75) is 53.5 Å². The lowest BCUT2D eigenvalue weighted by Gasteiger charge is -2.11. The number of aromatic nitrogens is 1. The van der Waals surface area contributed by atoms with Crippen molar-refractivity contribution in [3.8, 4) is 0 Å². The number of hydrogen-bond acceptors (Lipinski definition) is 2.